The number of rotatable bonds is 18. The van der Waals surface area contributed by atoms with E-state index < -0.39 is 35.8 Å². The number of nitrogens with one attached hydrogen (secondary N) is 1. The van der Waals surface area contributed by atoms with E-state index in [0.29, 0.717) is 36.4 Å². The van der Waals surface area contributed by atoms with E-state index in [9.17, 15) is 9.90 Å². The third-order valence-electron chi connectivity index (χ3n) is 9.65. The molecule has 5 radical (unpaired) electrons. The summed E-state index contributed by atoms with van der Waals surface area (Å²) in [6.45, 7) is 5.20. The molecule has 4 aromatic rings. The van der Waals surface area contributed by atoms with Crippen LogP contribution in [0.4, 0.5) is 5.82 Å². The highest BCUT2D eigenvalue weighted by Gasteiger charge is 2.48. The minimum atomic E-state index is -1.12. The summed E-state index contributed by atoms with van der Waals surface area (Å²) < 4.78 is 32.4. The number of hydrogen-bond donors (Lipinski definition) is 2. The van der Waals surface area contributed by atoms with Crippen molar-refractivity contribution in [2.45, 2.75) is 63.3 Å². The van der Waals surface area contributed by atoms with Crippen molar-refractivity contribution in [2.75, 3.05) is 39.3 Å². The first-order valence-electron chi connectivity index (χ1n) is 18.3. The van der Waals surface area contributed by atoms with Crippen LogP contribution in [0.1, 0.15) is 56.0 Å². The first-order valence-corrected chi connectivity index (χ1v) is 18.3. The van der Waals surface area contributed by atoms with E-state index in [4.69, 9.17) is 23.7 Å². The van der Waals surface area contributed by atoms with Crippen LogP contribution < -0.4 is 20.5 Å². The summed E-state index contributed by atoms with van der Waals surface area (Å²) in [6, 6.07) is 27.2. The first kappa shape index (κ1) is 38.5. The van der Waals surface area contributed by atoms with Crippen LogP contribution in [0.5, 0.6) is 11.5 Å². The highest BCUT2D eigenvalue weighted by molar-refractivity contribution is 5.50. The number of aliphatic hydroxyl groups is 1. The van der Waals surface area contributed by atoms with Crippen LogP contribution in [-0.2, 0) is 19.8 Å². The summed E-state index contributed by atoms with van der Waals surface area (Å²) in [7, 11) is 3.26. The van der Waals surface area contributed by atoms with Crippen LogP contribution >= 0.6 is 0 Å². The molecule has 0 spiro atoms. The number of methoxy groups -OCH3 is 2. The quantitative estimate of drug-likeness (QED) is 0.0873. The lowest BCUT2D eigenvalue weighted by molar-refractivity contribution is -0.0982. The van der Waals surface area contributed by atoms with Crippen molar-refractivity contribution in [3.63, 3.8) is 0 Å². The average molecular weight is 721 g/mol. The van der Waals surface area contributed by atoms with Crippen molar-refractivity contribution in [3.05, 3.63) is 150 Å². The van der Waals surface area contributed by atoms with E-state index in [0.717, 1.165) is 36.0 Å². The number of nitrogens with zero attached hydrogens (tertiary/aromatic N) is 2. The third-order valence-corrected chi connectivity index (χ3v) is 9.65. The van der Waals surface area contributed by atoms with E-state index in [1.807, 2.05) is 91.7 Å². The van der Waals surface area contributed by atoms with Gasteiger partial charge in [-0.3, -0.25) is 4.57 Å². The van der Waals surface area contributed by atoms with Gasteiger partial charge >= 0.3 is 5.69 Å². The van der Waals surface area contributed by atoms with E-state index in [2.05, 4.69) is 37.0 Å². The van der Waals surface area contributed by atoms with Crippen LogP contribution in [0, 0.1) is 37.5 Å². The second-order valence-corrected chi connectivity index (χ2v) is 13.7. The lowest BCUT2D eigenvalue weighted by Gasteiger charge is -2.37. The van der Waals surface area contributed by atoms with E-state index in [1.165, 1.54) is 10.5 Å². The van der Waals surface area contributed by atoms with Gasteiger partial charge in [0.25, 0.3) is 0 Å². The molecule has 1 saturated carbocycles. The maximum Gasteiger partial charge on any atom is 0.351 e. The van der Waals surface area contributed by atoms with Gasteiger partial charge in [0.05, 0.1) is 20.8 Å². The zero-order valence-corrected chi connectivity index (χ0v) is 30.9. The predicted molar refractivity (Wildman–Crippen MR) is 204 cm³/mol. The van der Waals surface area contributed by atoms with Crippen molar-refractivity contribution >= 4 is 5.82 Å². The van der Waals surface area contributed by atoms with Gasteiger partial charge in [-0.15, -0.1) is 0 Å². The van der Waals surface area contributed by atoms with E-state index >= 15 is 0 Å². The van der Waals surface area contributed by atoms with Gasteiger partial charge in [0, 0.05) is 19.3 Å². The molecular weight excluding hydrogens is 670 g/mol. The molecule has 0 unspecified atom stereocenters. The van der Waals surface area contributed by atoms with Crippen LogP contribution in [0.25, 0.3) is 0 Å². The molecule has 279 valence electrons. The molecule has 2 aliphatic rings. The lowest BCUT2D eigenvalue weighted by Crippen LogP contribution is -2.40. The molecular formula is C43H50N3O7. The fourth-order valence-electron chi connectivity index (χ4n) is 6.79. The Morgan fingerprint density at radius 2 is 1.49 bits per heavy atom. The minimum Gasteiger partial charge on any atom is -0.497 e. The Kier molecular flexibility index (Phi) is 13.2. The van der Waals surface area contributed by atoms with Crippen molar-refractivity contribution < 1.29 is 28.8 Å². The number of anilines is 1. The Bertz CT molecular complexity index is 1710. The molecule has 1 aliphatic heterocycles. The molecule has 2 fully saturated rings. The smallest absolute Gasteiger partial charge is 0.351 e. The van der Waals surface area contributed by atoms with Gasteiger partial charge in [-0.05, 0) is 97.4 Å². The number of benzene rings is 3. The molecule has 10 heteroatoms. The molecule has 1 aromatic heterocycles. The monoisotopic (exact) mass is 720 g/mol. The van der Waals surface area contributed by atoms with Gasteiger partial charge in [0.2, 0.25) is 0 Å². The maximum absolute atomic E-state index is 13.5. The molecule has 4 atom stereocenters. The Balaban J connectivity index is 1.30. The molecule has 2 heterocycles. The van der Waals surface area contributed by atoms with E-state index in [-0.39, 0.29) is 6.61 Å². The molecule has 53 heavy (non-hydrogen) atoms. The molecule has 1 saturated heterocycles. The molecule has 10 nitrogen and oxygen atoms in total. The fraction of sp³-hybridized carbons (Fsp3) is 0.372. The van der Waals surface area contributed by atoms with Crippen molar-refractivity contribution in [3.8, 4) is 11.5 Å². The average Bonchev–Trinajstić information content (AvgIpc) is 3.82. The maximum atomic E-state index is 13.5. The van der Waals surface area contributed by atoms with Gasteiger partial charge in [0.1, 0.15) is 41.2 Å². The second kappa shape index (κ2) is 18.2. The normalized spacial score (nSPS) is 20.6. The van der Waals surface area contributed by atoms with Gasteiger partial charge < -0.3 is 34.1 Å². The van der Waals surface area contributed by atoms with Gasteiger partial charge in [-0.1, -0.05) is 74.9 Å². The van der Waals surface area contributed by atoms with E-state index in [1.54, 1.807) is 26.5 Å². The Labute approximate surface area is 313 Å². The summed E-state index contributed by atoms with van der Waals surface area (Å²) in [5, 5.41) is 15.1. The van der Waals surface area contributed by atoms with Crippen molar-refractivity contribution in [1.82, 2.24) is 9.55 Å². The molecule has 1 aliphatic carbocycles. The SMILES string of the molecule is COc1ccc(C(OC[C@H]2O[C@@H](n3ccc(NCC(C)C)nc3=O)[C@H](OCCCC[C]3[CH][CH][CH][CH]3)[C@@H]2O)(c2ccccc2)c2ccc(OC)cc2)cc1. The lowest BCUT2D eigenvalue weighted by atomic mass is 9.80. The third kappa shape index (κ3) is 9.12. The summed E-state index contributed by atoms with van der Waals surface area (Å²) in [6.07, 6.45) is 8.86. The topological polar surface area (TPSA) is 113 Å². The largest absolute Gasteiger partial charge is 0.497 e. The summed E-state index contributed by atoms with van der Waals surface area (Å²) in [4.78, 5) is 17.7. The number of unbranched alkanes of at least 4 members (excludes halogenated alkanes) is 1. The fourth-order valence-corrected chi connectivity index (χ4v) is 6.79. The van der Waals surface area contributed by atoms with Crippen LogP contribution in [0.15, 0.2) is 95.9 Å². The molecule has 0 amide bonds. The van der Waals surface area contributed by atoms with Gasteiger partial charge in [-0.25, -0.2) is 4.79 Å². The van der Waals surface area contributed by atoms with Gasteiger partial charge in [0.15, 0.2) is 6.23 Å². The molecule has 0 bridgehead atoms. The zero-order chi connectivity index (χ0) is 37.2. The highest BCUT2D eigenvalue weighted by atomic mass is 16.6. The number of aromatic nitrogens is 2. The van der Waals surface area contributed by atoms with Crippen LogP contribution in [0.2, 0.25) is 0 Å². The molecule has 6 rings (SSSR count). The van der Waals surface area contributed by atoms with Gasteiger partial charge in [-0.2, -0.15) is 4.98 Å². The predicted octanol–water partition coefficient (Wildman–Crippen LogP) is 6.56. The molecule has 2 N–H and O–H groups in total. The number of ether oxygens (including phenoxy) is 5. The summed E-state index contributed by atoms with van der Waals surface area (Å²) in [5.74, 6) is 3.56. The second-order valence-electron chi connectivity index (χ2n) is 13.7. The standard InChI is InChI=1S/C43H50N3O7/c1-30(2)28-44-38-25-26-46(42(48)45-38)41-40(51-27-11-10-14-31-12-8-9-13-31)39(47)37(53-41)29-52-43(32-15-6-5-7-16-32,33-17-21-35(49-3)22-18-33)34-19-23-36(50-4)24-20-34/h5-9,12-13,15-26,30,37,39-41,47H,10-11,14,27-29H2,1-4H3,(H,44,45,48)/t37-,39-,40-,41-/m1/s1. The Morgan fingerprint density at radius 3 is 2.08 bits per heavy atom. The molecule has 3 aromatic carbocycles. The number of hydrogen-bond acceptors (Lipinski definition) is 9. The number of aliphatic hydroxyl groups excluding tert-OH is 1. The Morgan fingerprint density at radius 1 is 0.868 bits per heavy atom. The van der Waals surface area contributed by atoms with Crippen molar-refractivity contribution in [2.24, 2.45) is 5.92 Å². The van der Waals surface area contributed by atoms with Crippen LogP contribution in [0.3, 0.4) is 0 Å². The Hall–Kier alpha value is -4.22. The summed E-state index contributed by atoms with van der Waals surface area (Å²) in [5.41, 5.74) is 0.946. The van der Waals surface area contributed by atoms with Crippen molar-refractivity contribution in [1.29, 1.82) is 0 Å². The zero-order valence-electron chi connectivity index (χ0n) is 30.9. The van der Waals surface area contributed by atoms with Crippen LogP contribution in [-0.4, -0.2) is 66.9 Å². The first-order chi connectivity index (χ1) is 25.8. The minimum absolute atomic E-state index is 0.0301. The summed E-state index contributed by atoms with van der Waals surface area (Å²) >= 11 is 0. The highest BCUT2D eigenvalue weighted by Crippen LogP contribution is 2.43.